The average molecular weight is 480 g/mol. The number of carbonyl (C=O) groups excluding carboxylic acids is 1. The zero-order valence-corrected chi connectivity index (χ0v) is 19.8. The summed E-state index contributed by atoms with van der Waals surface area (Å²) in [4.78, 5) is 15.7. The van der Waals surface area contributed by atoms with E-state index < -0.39 is 10.0 Å². The van der Waals surface area contributed by atoms with Crippen LogP contribution in [0.2, 0.25) is 0 Å². The van der Waals surface area contributed by atoms with Crippen molar-refractivity contribution >= 4 is 27.3 Å². The monoisotopic (exact) mass is 479 g/mol. The Balaban J connectivity index is 1.51. The molecule has 1 aromatic heterocycles. The number of hydrogen-bond acceptors (Lipinski definition) is 7. The van der Waals surface area contributed by atoms with Gasteiger partial charge in [-0.3, -0.25) is 9.69 Å². The van der Waals surface area contributed by atoms with Gasteiger partial charge in [0.2, 0.25) is 10.0 Å². The lowest BCUT2D eigenvalue weighted by Crippen LogP contribution is -2.44. The molecular weight excluding hydrogens is 450 g/mol. The van der Waals surface area contributed by atoms with Gasteiger partial charge in [0.15, 0.2) is 0 Å². The van der Waals surface area contributed by atoms with E-state index in [4.69, 9.17) is 9.47 Å². The molecule has 1 N–H and O–H groups in total. The summed E-state index contributed by atoms with van der Waals surface area (Å²) >= 11 is 1.16. The van der Waals surface area contributed by atoms with E-state index in [1.807, 2.05) is 24.3 Å². The summed E-state index contributed by atoms with van der Waals surface area (Å²) in [7, 11) is -2.02. The van der Waals surface area contributed by atoms with Crippen molar-refractivity contribution in [1.82, 2.24) is 14.5 Å². The van der Waals surface area contributed by atoms with E-state index in [-0.39, 0.29) is 21.7 Å². The molecule has 10 heteroatoms. The summed E-state index contributed by atoms with van der Waals surface area (Å²) in [6.45, 7) is 4.20. The van der Waals surface area contributed by atoms with Crippen LogP contribution in [-0.4, -0.2) is 76.6 Å². The maximum atomic E-state index is 13.1. The molecular formula is C22H29N3O5S2. The molecule has 174 valence electrons. The Morgan fingerprint density at radius 1 is 1.12 bits per heavy atom. The van der Waals surface area contributed by atoms with Gasteiger partial charge < -0.3 is 14.8 Å². The van der Waals surface area contributed by atoms with Crippen LogP contribution in [0.25, 0.3) is 0 Å². The van der Waals surface area contributed by atoms with Crippen molar-refractivity contribution in [2.45, 2.75) is 23.8 Å². The number of ether oxygens (including phenoxy) is 2. The highest BCUT2D eigenvalue weighted by molar-refractivity contribution is 7.89. The first kappa shape index (κ1) is 23.2. The summed E-state index contributed by atoms with van der Waals surface area (Å²) in [6, 6.07) is 9.30. The Labute approximate surface area is 193 Å². The molecule has 1 aromatic carbocycles. The van der Waals surface area contributed by atoms with Crippen molar-refractivity contribution in [3.8, 4) is 5.75 Å². The highest BCUT2D eigenvalue weighted by Gasteiger charge is 2.32. The summed E-state index contributed by atoms with van der Waals surface area (Å²) in [5, 5.41) is 4.65. The summed E-state index contributed by atoms with van der Waals surface area (Å²) in [5.74, 6) is 0.415. The second-order valence-corrected chi connectivity index (χ2v) is 10.7. The SMILES string of the molecule is COc1ccc(C(CNC(=O)c2sccc2S(=O)(=O)N2CCCC2)N2CCOCC2)cc1. The minimum atomic E-state index is -3.65. The number of nitrogens with zero attached hydrogens (tertiary/aromatic N) is 2. The molecule has 4 rings (SSSR count). The molecule has 0 bridgehead atoms. The standard InChI is InChI=1S/C22H29N3O5S2/c1-29-18-6-4-17(5-7-18)19(24-11-13-30-14-12-24)16-23-22(26)21-20(8-15-31-21)32(27,28)25-9-2-3-10-25/h4-8,15,19H,2-3,9-14,16H2,1H3,(H,23,26). The van der Waals surface area contributed by atoms with Crippen LogP contribution in [-0.2, 0) is 14.8 Å². The molecule has 2 aromatic rings. The Morgan fingerprint density at radius 2 is 1.81 bits per heavy atom. The number of amides is 1. The maximum absolute atomic E-state index is 13.1. The van der Waals surface area contributed by atoms with E-state index in [9.17, 15) is 13.2 Å². The highest BCUT2D eigenvalue weighted by atomic mass is 32.2. The largest absolute Gasteiger partial charge is 0.497 e. The Hall–Kier alpha value is -1.98. The van der Waals surface area contributed by atoms with Crippen LogP contribution in [0.15, 0.2) is 40.6 Å². The lowest BCUT2D eigenvalue weighted by Gasteiger charge is -2.35. The fraction of sp³-hybridized carbons (Fsp3) is 0.500. The molecule has 2 saturated heterocycles. The molecule has 0 aliphatic carbocycles. The summed E-state index contributed by atoms with van der Waals surface area (Å²) in [5.41, 5.74) is 1.06. The van der Waals surface area contributed by atoms with Crippen LogP contribution in [0.1, 0.15) is 34.1 Å². The van der Waals surface area contributed by atoms with Crippen LogP contribution >= 0.6 is 11.3 Å². The normalized spacial score (nSPS) is 19.0. The van der Waals surface area contributed by atoms with Crippen LogP contribution in [0.4, 0.5) is 0 Å². The van der Waals surface area contributed by atoms with Crippen LogP contribution in [0.5, 0.6) is 5.75 Å². The van der Waals surface area contributed by atoms with Gasteiger partial charge in [-0.1, -0.05) is 12.1 Å². The lowest BCUT2D eigenvalue weighted by molar-refractivity contribution is 0.0162. The molecule has 8 nitrogen and oxygen atoms in total. The van der Waals surface area contributed by atoms with E-state index >= 15 is 0 Å². The smallest absolute Gasteiger partial charge is 0.262 e. The Kier molecular flexibility index (Phi) is 7.47. The van der Waals surface area contributed by atoms with Gasteiger partial charge in [0.05, 0.1) is 26.4 Å². The molecule has 0 radical (unpaired) electrons. The van der Waals surface area contributed by atoms with Crippen molar-refractivity contribution in [1.29, 1.82) is 0 Å². The molecule has 1 amide bonds. The van der Waals surface area contributed by atoms with E-state index in [0.717, 1.165) is 48.6 Å². The predicted molar refractivity (Wildman–Crippen MR) is 123 cm³/mol. The maximum Gasteiger partial charge on any atom is 0.262 e. The third kappa shape index (κ3) is 4.99. The fourth-order valence-corrected chi connectivity index (χ4v) is 7.01. The van der Waals surface area contributed by atoms with E-state index in [0.29, 0.717) is 32.8 Å². The van der Waals surface area contributed by atoms with E-state index in [1.165, 1.54) is 10.4 Å². The minimum Gasteiger partial charge on any atom is -0.497 e. The van der Waals surface area contributed by atoms with Gasteiger partial charge in [0.25, 0.3) is 5.91 Å². The molecule has 0 spiro atoms. The third-order valence-corrected chi connectivity index (χ3v) is 8.94. The number of morpholine rings is 1. The summed E-state index contributed by atoms with van der Waals surface area (Å²) in [6.07, 6.45) is 1.71. The topological polar surface area (TPSA) is 88.2 Å². The number of rotatable bonds is 8. The molecule has 0 saturated carbocycles. The second-order valence-electron chi connectivity index (χ2n) is 7.87. The van der Waals surface area contributed by atoms with Crippen molar-refractivity contribution in [2.75, 3.05) is 53.0 Å². The lowest BCUT2D eigenvalue weighted by atomic mass is 10.0. The number of carbonyl (C=O) groups is 1. The molecule has 1 atom stereocenters. The van der Waals surface area contributed by atoms with Crippen molar-refractivity contribution < 1.29 is 22.7 Å². The Morgan fingerprint density at radius 3 is 2.47 bits per heavy atom. The number of benzene rings is 1. The molecule has 2 aliphatic heterocycles. The number of thiophene rings is 1. The number of methoxy groups -OCH3 is 1. The molecule has 2 aliphatic rings. The van der Waals surface area contributed by atoms with Gasteiger partial charge >= 0.3 is 0 Å². The van der Waals surface area contributed by atoms with Crippen LogP contribution < -0.4 is 10.1 Å². The first-order chi connectivity index (χ1) is 15.5. The number of hydrogen-bond donors (Lipinski definition) is 1. The van der Waals surface area contributed by atoms with Crippen molar-refractivity contribution in [3.63, 3.8) is 0 Å². The van der Waals surface area contributed by atoms with Gasteiger partial charge in [-0.2, -0.15) is 4.31 Å². The van der Waals surface area contributed by atoms with Crippen molar-refractivity contribution in [3.05, 3.63) is 46.2 Å². The van der Waals surface area contributed by atoms with E-state index in [1.54, 1.807) is 12.5 Å². The van der Waals surface area contributed by atoms with Gasteiger partial charge in [-0.15, -0.1) is 11.3 Å². The van der Waals surface area contributed by atoms with Gasteiger partial charge in [0.1, 0.15) is 15.5 Å². The van der Waals surface area contributed by atoms with Crippen LogP contribution in [0.3, 0.4) is 0 Å². The number of nitrogens with one attached hydrogen (secondary N) is 1. The minimum absolute atomic E-state index is 0.0487. The third-order valence-electron chi connectivity index (χ3n) is 5.96. The van der Waals surface area contributed by atoms with Gasteiger partial charge in [-0.25, -0.2) is 8.42 Å². The van der Waals surface area contributed by atoms with Crippen molar-refractivity contribution in [2.24, 2.45) is 0 Å². The first-order valence-corrected chi connectivity index (χ1v) is 13.1. The fourth-order valence-electron chi connectivity index (χ4n) is 4.18. The van der Waals surface area contributed by atoms with Crippen LogP contribution in [0, 0.1) is 0 Å². The molecule has 2 fully saturated rings. The van der Waals surface area contributed by atoms with Gasteiger partial charge in [0, 0.05) is 32.7 Å². The number of sulfonamides is 1. The second kappa shape index (κ2) is 10.3. The molecule has 1 unspecified atom stereocenters. The zero-order valence-electron chi connectivity index (χ0n) is 18.2. The molecule has 32 heavy (non-hydrogen) atoms. The first-order valence-electron chi connectivity index (χ1n) is 10.8. The predicted octanol–water partition coefficient (Wildman–Crippen LogP) is 2.34. The molecule has 3 heterocycles. The zero-order chi connectivity index (χ0) is 22.6. The quantitative estimate of drug-likeness (QED) is 0.625. The average Bonchev–Trinajstić information content (AvgIpc) is 3.53. The summed E-state index contributed by atoms with van der Waals surface area (Å²) < 4.78 is 38.2. The van der Waals surface area contributed by atoms with E-state index in [2.05, 4.69) is 10.2 Å². The Bertz CT molecular complexity index is 1010. The van der Waals surface area contributed by atoms with Gasteiger partial charge in [-0.05, 0) is 42.0 Å². The highest BCUT2D eigenvalue weighted by Crippen LogP contribution is 2.28.